The first-order valence-corrected chi connectivity index (χ1v) is 5.60. The van der Waals surface area contributed by atoms with Crippen LogP contribution in [0, 0.1) is 11.3 Å². The minimum absolute atomic E-state index is 0.151. The molecule has 1 fully saturated rings. The predicted octanol–water partition coefficient (Wildman–Crippen LogP) is 1.51. The summed E-state index contributed by atoms with van der Waals surface area (Å²) < 4.78 is 5.26. The van der Waals surface area contributed by atoms with Crippen LogP contribution in [0.1, 0.15) is 36.6 Å². The molecule has 0 saturated heterocycles. The fourth-order valence-electron chi connectivity index (χ4n) is 1.84. The van der Waals surface area contributed by atoms with Gasteiger partial charge in [0.15, 0.2) is 5.76 Å². The molecule has 1 amide bonds. The SMILES string of the molecule is CC1(C)CC1CNC(=O)c1ccc(CN)o1. The van der Waals surface area contributed by atoms with Crippen molar-refractivity contribution in [1.29, 1.82) is 0 Å². The quantitative estimate of drug-likeness (QED) is 0.811. The summed E-state index contributed by atoms with van der Waals surface area (Å²) in [5, 5.41) is 2.88. The zero-order chi connectivity index (χ0) is 11.8. The van der Waals surface area contributed by atoms with E-state index < -0.39 is 0 Å². The minimum Gasteiger partial charge on any atom is -0.455 e. The maximum absolute atomic E-state index is 11.7. The van der Waals surface area contributed by atoms with Gasteiger partial charge in [0, 0.05) is 6.54 Å². The normalized spacial score (nSPS) is 21.8. The van der Waals surface area contributed by atoms with Gasteiger partial charge in [0.25, 0.3) is 5.91 Å². The molecule has 0 radical (unpaired) electrons. The highest BCUT2D eigenvalue weighted by atomic mass is 16.4. The van der Waals surface area contributed by atoms with Crippen LogP contribution in [0.3, 0.4) is 0 Å². The molecule has 0 spiro atoms. The molecule has 1 heterocycles. The monoisotopic (exact) mass is 222 g/mol. The topological polar surface area (TPSA) is 68.3 Å². The Labute approximate surface area is 95.2 Å². The third-order valence-electron chi connectivity index (χ3n) is 3.31. The summed E-state index contributed by atoms with van der Waals surface area (Å²) in [5.41, 5.74) is 5.79. The van der Waals surface area contributed by atoms with E-state index in [0.717, 1.165) is 6.54 Å². The van der Waals surface area contributed by atoms with Crippen molar-refractivity contribution in [2.75, 3.05) is 6.54 Å². The molecule has 1 aliphatic rings. The zero-order valence-corrected chi connectivity index (χ0v) is 9.75. The number of hydrogen-bond donors (Lipinski definition) is 2. The van der Waals surface area contributed by atoms with Crippen molar-refractivity contribution in [3.8, 4) is 0 Å². The van der Waals surface area contributed by atoms with Crippen LogP contribution in [-0.2, 0) is 6.54 Å². The molecular weight excluding hydrogens is 204 g/mol. The van der Waals surface area contributed by atoms with Gasteiger partial charge in [-0.05, 0) is 29.9 Å². The summed E-state index contributed by atoms with van der Waals surface area (Å²) in [5.74, 6) is 1.43. The molecule has 1 aromatic rings. The molecule has 1 atom stereocenters. The van der Waals surface area contributed by atoms with Crippen molar-refractivity contribution >= 4 is 5.91 Å². The van der Waals surface area contributed by atoms with E-state index in [-0.39, 0.29) is 5.91 Å². The van der Waals surface area contributed by atoms with E-state index in [9.17, 15) is 4.79 Å². The van der Waals surface area contributed by atoms with Gasteiger partial charge in [-0.2, -0.15) is 0 Å². The zero-order valence-electron chi connectivity index (χ0n) is 9.75. The van der Waals surface area contributed by atoms with Crippen molar-refractivity contribution < 1.29 is 9.21 Å². The Morgan fingerprint density at radius 1 is 1.62 bits per heavy atom. The van der Waals surface area contributed by atoms with E-state index >= 15 is 0 Å². The van der Waals surface area contributed by atoms with Crippen molar-refractivity contribution in [2.45, 2.75) is 26.8 Å². The highest BCUT2D eigenvalue weighted by molar-refractivity contribution is 5.91. The largest absolute Gasteiger partial charge is 0.455 e. The number of hydrogen-bond acceptors (Lipinski definition) is 3. The van der Waals surface area contributed by atoms with Crippen LogP contribution in [0.25, 0.3) is 0 Å². The summed E-state index contributed by atoms with van der Waals surface area (Å²) in [6, 6.07) is 3.39. The van der Waals surface area contributed by atoms with Crippen molar-refractivity contribution in [1.82, 2.24) is 5.32 Å². The number of carbonyl (C=O) groups is 1. The Bertz CT molecular complexity index is 395. The Hall–Kier alpha value is -1.29. The Balaban J connectivity index is 1.84. The molecule has 0 bridgehead atoms. The number of amides is 1. The van der Waals surface area contributed by atoms with Gasteiger partial charge in [-0.15, -0.1) is 0 Å². The maximum atomic E-state index is 11.7. The number of nitrogens with two attached hydrogens (primary N) is 1. The molecule has 88 valence electrons. The molecule has 1 saturated carbocycles. The molecule has 4 nitrogen and oxygen atoms in total. The molecule has 0 aliphatic heterocycles. The van der Waals surface area contributed by atoms with E-state index in [1.54, 1.807) is 12.1 Å². The highest BCUT2D eigenvalue weighted by Gasteiger charge is 2.45. The molecule has 2 rings (SSSR count). The lowest BCUT2D eigenvalue weighted by Gasteiger charge is -2.04. The Kier molecular flexibility index (Phi) is 2.76. The Morgan fingerprint density at radius 2 is 2.31 bits per heavy atom. The van der Waals surface area contributed by atoms with Gasteiger partial charge in [-0.1, -0.05) is 13.8 Å². The van der Waals surface area contributed by atoms with Gasteiger partial charge in [0.2, 0.25) is 0 Å². The van der Waals surface area contributed by atoms with Crippen LogP contribution in [-0.4, -0.2) is 12.5 Å². The van der Waals surface area contributed by atoms with E-state index in [0.29, 0.717) is 29.4 Å². The van der Waals surface area contributed by atoms with Crippen molar-refractivity contribution in [3.63, 3.8) is 0 Å². The third kappa shape index (κ3) is 2.27. The second kappa shape index (κ2) is 3.94. The lowest BCUT2D eigenvalue weighted by Crippen LogP contribution is -2.26. The predicted molar refractivity (Wildman–Crippen MR) is 60.8 cm³/mol. The number of furan rings is 1. The first kappa shape index (κ1) is 11.2. The van der Waals surface area contributed by atoms with Crippen LogP contribution in [0.15, 0.2) is 16.5 Å². The molecular formula is C12H18N2O2. The average molecular weight is 222 g/mol. The van der Waals surface area contributed by atoms with Crippen LogP contribution in [0.5, 0.6) is 0 Å². The van der Waals surface area contributed by atoms with Gasteiger partial charge in [-0.25, -0.2) is 0 Å². The van der Waals surface area contributed by atoms with E-state index in [1.807, 2.05) is 0 Å². The van der Waals surface area contributed by atoms with Crippen LogP contribution in [0.2, 0.25) is 0 Å². The summed E-state index contributed by atoms with van der Waals surface area (Å²) in [7, 11) is 0. The molecule has 1 aliphatic carbocycles. The first-order chi connectivity index (χ1) is 7.53. The Morgan fingerprint density at radius 3 is 2.81 bits per heavy atom. The number of carbonyl (C=O) groups excluding carboxylic acids is 1. The lowest BCUT2D eigenvalue weighted by atomic mass is 10.1. The third-order valence-corrected chi connectivity index (χ3v) is 3.31. The minimum atomic E-state index is -0.151. The number of nitrogens with one attached hydrogen (secondary N) is 1. The van der Waals surface area contributed by atoms with Crippen molar-refractivity contribution in [3.05, 3.63) is 23.7 Å². The highest BCUT2D eigenvalue weighted by Crippen LogP contribution is 2.50. The smallest absolute Gasteiger partial charge is 0.287 e. The first-order valence-electron chi connectivity index (χ1n) is 5.60. The second-order valence-corrected chi connectivity index (χ2v) is 5.07. The summed E-state index contributed by atoms with van der Waals surface area (Å²) >= 11 is 0. The second-order valence-electron chi connectivity index (χ2n) is 5.07. The standard InChI is InChI=1S/C12H18N2O2/c1-12(2)5-8(12)7-14-11(15)10-4-3-9(6-13)16-10/h3-4,8H,5-7,13H2,1-2H3,(H,14,15). The van der Waals surface area contributed by atoms with Crippen LogP contribution < -0.4 is 11.1 Å². The molecule has 3 N–H and O–H groups in total. The molecule has 16 heavy (non-hydrogen) atoms. The maximum Gasteiger partial charge on any atom is 0.287 e. The summed E-state index contributed by atoms with van der Waals surface area (Å²) in [6.07, 6.45) is 1.18. The fraction of sp³-hybridized carbons (Fsp3) is 0.583. The number of rotatable bonds is 4. The molecule has 1 aromatic heterocycles. The van der Waals surface area contributed by atoms with Gasteiger partial charge < -0.3 is 15.5 Å². The van der Waals surface area contributed by atoms with Crippen LogP contribution >= 0.6 is 0 Å². The van der Waals surface area contributed by atoms with Gasteiger partial charge in [-0.3, -0.25) is 4.79 Å². The van der Waals surface area contributed by atoms with Gasteiger partial charge >= 0.3 is 0 Å². The molecule has 4 heteroatoms. The van der Waals surface area contributed by atoms with E-state index in [2.05, 4.69) is 19.2 Å². The molecule has 0 aromatic carbocycles. The lowest BCUT2D eigenvalue weighted by molar-refractivity contribution is 0.0921. The van der Waals surface area contributed by atoms with E-state index in [4.69, 9.17) is 10.2 Å². The molecule has 1 unspecified atom stereocenters. The summed E-state index contributed by atoms with van der Waals surface area (Å²) in [6.45, 7) is 5.47. The van der Waals surface area contributed by atoms with Gasteiger partial charge in [0.1, 0.15) is 5.76 Å². The average Bonchev–Trinajstić information content (AvgIpc) is 2.69. The summed E-state index contributed by atoms with van der Waals surface area (Å²) in [4.78, 5) is 11.7. The van der Waals surface area contributed by atoms with Crippen molar-refractivity contribution in [2.24, 2.45) is 17.1 Å². The van der Waals surface area contributed by atoms with Crippen LogP contribution in [0.4, 0.5) is 0 Å². The fourth-order valence-corrected chi connectivity index (χ4v) is 1.84. The van der Waals surface area contributed by atoms with E-state index in [1.165, 1.54) is 6.42 Å². The van der Waals surface area contributed by atoms with Gasteiger partial charge in [0.05, 0.1) is 6.54 Å².